The summed E-state index contributed by atoms with van der Waals surface area (Å²) in [6.07, 6.45) is 0. The van der Waals surface area contributed by atoms with Crippen LogP contribution in [0.1, 0.15) is 34.0 Å². The summed E-state index contributed by atoms with van der Waals surface area (Å²) in [6, 6.07) is 5.00. The lowest BCUT2D eigenvalue weighted by Crippen LogP contribution is -2.13. The third-order valence-electron chi connectivity index (χ3n) is 4.10. The maximum atomic E-state index is 13.5. The highest BCUT2D eigenvalue weighted by Gasteiger charge is 2.28. The molecule has 6 nitrogen and oxygen atoms in total. The van der Waals surface area contributed by atoms with Gasteiger partial charge < -0.3 is 18.9 Å². The Hall–Kier alpha value is -2.54. The lowest BCUT2D eigenvalue weighted by Gasteiger charge is -2.19. The first-order valence-corrected chi connectivity index (χ1v) is 8.87. The van der Waals surface area contributed by atoms with Gasteiger partial charge >= 0.3 is 5.97 Å². The molecule has 0 atom stereocenters. The van der Waals surface area contributed by atoms with Crippen LogP contribution < -0.4 is 18.9 Å². The van der Waals surface area contributed by atoms with Gasteiger partial charge in [-0.1, -0.05) is 15.9 Å². The molecule has 0 bridgehead atoms. The molecule has 0 aliphatic carbocycles. The number of rotatable bonds is 6. The molecule has 2 rings (SSSR count). The monoisotopic (exact) mass is 436 g/mol. The summed E-state index contributed by atoms with van der Waals surface area (Å²) in [6.45, 7) is 4.83. The van der Waals surface area contributed by atoms with E-state index in [1.54, 1.807) is 32.0 Å². The maximum absolute atomic E-state index is 13.5. The van der Waals surface area contributed by atoms with Crippen molar-refractivity contribution in [2.75, 3.05) is 21.3 Å². The van der Waals surface area contributed by atoms with E-state index in [1.807, 2.05) is 0 Å². The molecule has 0 radical (unpaired) electrons. The fraction of sp³-hybridized carbons (Fsp3) is 0.300. The highest BCUT2D eigenvalue weighted by atomic mass is 79.9. The van der Waals surface area contributed by atoms with Crippen molar-refractivity contribution in [2.45, 2.75) is 20.8 Å². The Morgan fingerprint density at radius 3 is 2.04 bits per heavy atom. The largest absolute Gasteiger partial charge is 0.493 e. The van der Waals surface area contributed by atoms with Gasteiger partial charge in [0.15, 0.2) is 11.5 Å². The smallest absolute Gasteiger partial charge is 0.308 e. The van der Waals surface area contributed by atoms with Gasteiger partial charge in [-0.25, -0.2) is 0 Å². The molecule has 0 saturated heterocycles. The molecule has 0 heterocycles. The summed E-state index contributed by atoms with van der Waals surface area (Å²) >= 11 is 3.42. The first-order valence-electron chi connectivity index (χ1n) is 8.08. The molecule has 0 N–H and O–H groups in total. The van der Waals surface area contributed by atoms with E-state index in [0.717, 1.165) is 4.47 Å². The Balaban J connectivity index is 2.79. The minimum atomic E-state index is -0.512. The molecule has 27 heavy (non-hydrogen) atoms. The molecule has 0 unspecified atom stereocenters. The van der Waals surface area contributed by atoms with Gasteiger partial charge in [0.05, 0.1) is 32.5 Å². The number of aryl methyl sites for hydroxylation is 1. The number of ketones is 1. The van der Waals surface area contributed by atoms with E-state index >= 15 is 0 Å². The van der Waals surface area contributed by atoms with Crippen LogP contribution in [-0.2, 0) is 4.79 Å². The second-order valence-corrected chi connectivity index (χ2v) is 6.66. The summed E-state index contributed by atoms with van der Waals surface area (Å²) in [4.78, 5) is 25.0. The number of ether oxygens (including phenoxy) is 4. The number of methoxy groups -OCH3 is 3. The van der Waals surface area contributed by atoms with Gasteiger partial charge in [-0.05, 0) is 43.2 Å². The normalized spacial score (nSPS) is 10.3. The van der Waals surface area contributed by atoms with E-state index in [4.69, 9.17) is 18.9 Å². The Morgan fingerprint density at radius 1 is 0.889 bits per heavy atom. The molecule has 0 saturated carbocycles. The summed E-state index contributed by atoms with van der Waals surface area (Å²) in [5.74, 6) is 0.351. The van der Waals surface area contributed by atoms with Crippen molar-refractivity contribution in [2.24, 2.45) is 0 Å². The van der Waals surface area contributed by atoms with Gasteiger partial charge in [-0.2, -0.15) is 0 Å². The van der Waals surface area contributed by atoms with Crippen LogP contribution in [0.25, 0.3) is 0 Å². The Morgan fingerprint density at radius 2 is 1.52 bits per heavy atom. The van der Waals surface area contributed by atoms with Crippen molar-refractivity contribution in [3.05, 3.63) is 44.9 Å². The number of hydrogen-bond acceptors (Lipinski definition) is 6. The second kappa shape index (κ2) is 8.43. The molecule has 0 amide bonds. The predicted octanol–water partition coefficient (Wildman–Crippen LogP) is 4.25. The van der Waals surface area contributed by atoms with Crippen molar-refractivity contribution in [3.8, 4) is 23.0 Å². The minimum Gasteiger partial charge on any atom is -0.493 e. The summed E-state index contributed by atoms with van der Waals surface area (Å²) in [5.41, 5.74) is 1.87. The molecule has 2 aromatic rings. The van der Waals surface area contributed by atoms with Crippen molar-refractivity contribution in [3.63, 3.8) is 0 Å². The number of hydrogen-bond donors (Lipinski definition) is 0. The van der Waals surface area contributed by atoms with Gasteiger partial charge in [0.2, 0.25) is 11.5 Å². The summed E-state index contributed by atoms with van der Waals surface area (Å²) in [5, 5.41) is 0. The third-order valence-corrected chi connectivity index (χ3v) is 4.95. The summed E-state index contributed by atoms with van der Waals surface area (Å²) < 4.78 is 22.2. The lowest BCUT2D eigenvalue weighted by molar-refractivity contribution is -0.131. The van der Waals surface area contributed by atoms with Crippen LogP contribution in [0.5, 0.6) is 23.0 Å². The van der Waals surface area contributed by atoms with Crippen LogP contribution in [-0.4, -0.2) is 33.1 Å². The molecular formula is C20H21BrO6. The highest BCUT2D eigenvalue weighted by molar-refractivity contribution is 9.10. The van der Waals surface area contributed by atoms with Crippen molar-refractivity contribution >= 4 is 27.7 Å². The molecule has 7 heteroatoms. The Bertz CT molecular complexity index is 904. The topological polar surface area (TPSA) is 71.1 Å². The van der Waals surface area contributed by atoms with E-state index in [9.17, 15) is 9.59 Å². The standard InChI is InChI=1S/C20H21BrO6/c1-10-9-15(24-4)19(25-5)20(26-6)16(10)18(23)17-11(2)13(21)7-8-14(17)27-12(3)22/h7-9H,1-6H3. The quantitative estimate of drug-likeness (QED) is 0.382. The van der Waals surface area contributed by atoms with Crippen molar-refractivity contribution in [1.82, 2.24) is 0 Å². The number of carbonyl (C=O) groups excluding carboxylic acids is 2. The van der Waals surface area contributed by atoms with E-state index in [2.05, 4.69) is 15.9 Å². The van der Waals surface area contributed by atoms with Crippen LogP contribution in [0.15, 0.2) is 22.7 Å². The zero-order valence-electron chi connectivity index (χ0n) is 16.1. The first kappa shape index (κ1) is 20.8. The molecule has 0 spiro atoms. The molecule has 0 aromatic heterocycles. The van der Waals surface area contributed by atoms with Crippen LogP contribution in [0.2, 0.25) is 0 Å². The number of benzene rings is 2. The zero-order valence-corrected chi connectivity index (χ0v) is 17.6. The minimum absolute atomic E-state index is 0.185. The molecule has 0 fully saturated rings. The third kappa shape index (κ3) is 3.93. The van der Waals surface area contributed by atoms with Crippen molar-refractivity contribution in [1.29, 1.82) is 0 Å². The highest BCUT2D eigenvalue weighted by Crippen LogP contribution is 2.44. The van der Waals surface area contributed by atoms with Crippen LogP contribution >= 0.6 is 15.9 Å². The van der Waals surface area contributed by atoms with Gasteiger partial charge in [0.25, 0.3) is 0 Å². The molecule has 0 aliphatic rings. The van der Waals surface area contributed by atoms with Crippen LogP contribution in [0.4, 0.5) is 0 Å². The fourth-order valence-corrected chi connectivity index (χ4v) is 3.20. The average molecular weight is 437 g/mol. The van der Waals surface area contributed by atoms with Crippen LogP contribution in [0.3, 0.4) is 0 Å². The SMILES string of the molecule is COc1cc(C)c(C(=O)c2c(OC(C)=O)ccc(Br)c2C)c(OC)c1OC. The zero-order chi connectivity index (χ0) is 20.3. The molecular weight excluding hydrogens is 416 g/mol. The average Bonchev–Trinajstić information content (AvgIpc) is 2.62. The van der Waals surface area contributed by atoms with E-state index in [0.29, 0.717) is 28.2 Å². The maximum Gasteiger partial charge on any atom is 0.308 e. The number of carbonyl (C=O) groups is 2. The fourth-order valence-electron chi connectivity index (χ4n) is 2.87. The number of esters is 1. The summed E-state index contributed by atoms with van der Waals surface area (Å²) in [7, 11) is 4.43. The molecule has 2 aromatic carbocycles. The predicted molar refractivity (Wildman–Crippen MR) is 104 cm³/mol. The van der Waals surface area contributed by atoms with Crippen molar-refractivity contribution < 1.29 is 28.5 Å². The number of halogens is 1. The van der Waals surface area contributed by atoms with E-state index in [-0.39, 0.29) is 22.8 Å². The molecule has 0 aliphatic heterocycles. The van der Waals surface area contributed by atoms with Gasteiger partial charge in [-0.3, -0.25) is 9.59 Å². The second-order valence-electron chi connectivity index (χ2n) is 5.81. The van der Waals surface area contributed by atoms with E-state index in [1.165, 1.54) is 28.3 Å². The van der Waals surface area contributed by atoms with E-state index < -0.39 is 5.97 Å². The Kier molecular flexibility index (Phi) is 6.49. The van der Waals surface area contributed by atoms with Crippen LogP contribution in [0, 0.1) is 13.8 Å². The van der Waals surface area contributed by atoms with Gasteiger partial charge in [0.1, 0.15) is 5.75 Å². The Labute approximate surface area is 166 Å². The first-order chi connectivity index (χ1) is 12.8. The molecule has 144 valence electrons. The van der Waals surface area contributed by atoms with Gasteiger partial charge in [-0.15, -0.1) is 0 Å². The lowest BCUT2D eigenvalue weighted by atomic mass is 9.93. The van der Waals surface area contributed by atoms with Gasteiger partial charge in [0, 0.05) is 11.4 Å².